The minimum atomic E-state index is 0.632. The molecule has 0 saturated carbocycles. The van der Waals surface area contributed by atoms with Gasteiger partial charge >= 0.3 is 0 Å². The Hall–Kier alpha value is -1.26. The predicted octanol–water partition coefficient (Wildman–Crippen LogP) is 4.13. The van der Waals surface area contributed by atoms with E-state index in [0.717, 1.165) is 15.7 Å². The van der Waals surface area contributed by atoms with Crippen molar-refractivity contribution in [2.45, 2.75) is 6.92 Å². The molecular formula is C12H11BrClN3. The molecular weight excluding hydrogens is 302 g/mol. The third-order valence-corrected chi connectivity index (χ3v) is 3.81. The van der Waals surface area contributed by atoms with Crippen LogP contribution in [0.1, 0.15) is 5.56 Å². The van der Waals surface area contributed by atoms with E-state index in [0.29, 0.717) is 16.5 Å². The van der Waals surface area contributed by atoms with Gasteiger partial charge in [0.15, 0.2) is 5.82 Å². The molecule has 0 saturated heterocycles. The Kier molecular flexibility index (Phi) is 3.54. The largest absolute Gasteiger partial charge is 0.396 e. The van der Waals surface area contributed by atoms with E-state index in [2.05, 4.69) is 26.2 Å². The lowest BCUT2D eigenvalue weighted by atomic mass is 10.2. The summed E-state index contributed by atoms with van der Waals surface area (Å²) in [5.74, 6) is 0.632. The van der Waals surface area contributed by atoms with E-state index >= 15 is 0 Å². The molecule has 2 rings (SSSR count). The molecule has 0 spiro atoms. The van der Waals surface area contributed by atoms with Crippen molar-refractivity contribution in [2.24, 2.45) is 0 Å². The van der Waals surface area contributed by atoms with Crippen molar-refractivity contribution < 1.29 is 0 Å². The van der Waals surface area contributed by atoms with Crippen LogP contribution in [0.25, 0.3) is 0 Å². The first-order valence-corrected chi connectivity index (χ1v) is 6.19. The summed E-state index contributed by atoms with van der Waals surface area (Å²) in [4.78, 5) is 4.21. The minimum absolute atomic E-state index is 0.632. The second-order valence-electron chi connectivity index (χ2n) is 3.62. The molecule has 2 aromatic rings. The molecule has 0 atom stereocenters. The van der Waals surface area contributed by atoms with Crippen LogP contribution in [0.4, 0.5) is 17.2 Å². The molecule has 0 amide bonds. The van der Waals surface area contributed by atoms with E-state index in [4.69, 9.17) is 17.3 Å². The van der Waals surface area contributed by atoms with Crippen LogP contribution in [-0.4, -0.2) is 4.98 Å². The maximum atomic E-state index is 6.01. The smallest absolute Gasteiger partial charge is 0.153 e. The number of nitrogens with zero attached hydrogens (tertiary/aromatic N) is 1. The van der Waals surface area contributed by atoms with Crippen molar-refractivity contribution in [3.8, 4) is 0 Å². The first kappa shape index (κ1) is 12.2. The number of aromatic nitrogens is 1. The highest BCUT2D eigenvalue weighted by molar-refractivity contribution is 9.10. The number of hydrogen-bond donors (Lipinski definition) is 2. The van der Waals surface area contributed by atoms with Gasteiger partial charge in [-0.2, -0.15) is 0 Å². The van der Waals surface area contributed by atoms with Gasteiger partial charge in [0.1, 0.15) is 0 Å². The van der Waals surface area contributed by atoms with E-state index in [1.807, 2.05) is 31.2 Å². The number of hydrogen-bond acceptors (Lipinski definition) is 3. The van der Waals surface area contributed by atoms with E-state index in [1.54, 1.807) is 6.20 Å². The van der Waals surface area contributed by atoms with Crippen LogP contribution in [0.2, 0.25) is 5.02 Å². The van der Waals surface area contributed by atoms with Crippen molar-refractivity contribution in [1.29, 1.82) is 0 Å². The number of nitrogens with two attached hydrogens (primary N) is 1. The van der Waals surface area contributed by atoms with Crippen molar-refractivity contribution in [2.75, 3.05) is 11.1 Å². The highest BCUT2D eigenvalue weighted by atomic mass is 79.9. The van der Waals surface area contributed by atoms with Crippen molar-refractivity contribution in [3.63, 3.8) is 0 Å². The molecule has 0 aliphatic rings. The third-order valence-electron chi connectivity index (χ3n) is 2.41. The van der Waals surface area contributed by atoms with Gasteiger partial charge in [0.05, 0.1) is 20.9 Å². The summed E-state index contributed by atoms with van der Waals surface area (Å²) in [7, 11) is 0. The number of nitrogens with one attached hydrogen (secondary N) is 1. The van der Waals surface area contributed by atoms with Gasteiger partial charge in [-0.05, 0) is 46.6 Å². The van der Waals surface area contributed by atoms with Gasteiger partial charge in [0, 0.05) is 6.20 Å². The molecule has 0 unspecified atom stereocenters. The Labute approximate surface area is 113 Å². The molecule has 0 fully saturated rings. The van der Waals surface area contributed by atoms with E-state index in [-0.39, 0.29) is 0 Å². The van der Waals surface area contributed by atoms with Crippen molar-refractivity contribution in [3.05, 3.63) is 45.5 Å². The summed E-state index contributed by atoms with van der Waals surface area (Å²) in [6, 6.07) is 7.44. The monoisotopic (exact) mass is 311 g/mol. The molecule has 0 radical (unpaired) electrons. The van der Waals surface area contributed by atoms with Crippen LogP contribution in [0, 0.1) is 6.92 Å². The summed E-state index contributed by atoms with van der Waals surface area (Å²) >= 11 is 9.43. The Morgan fingerprint density at radius 1 is 1.35 bits per heavy atom. The Bertz CT molecular complexity index is 508. The molecule has 1 aromatic carbocycles. The normalized spacial score (nSPS) is 10.3. The lowest BCUT2D eigenvalue weighted by molar-refractivity contribution is 1.28. The number of halogens is 2. The fourth-order valence-corrected chi connectivity index (χ4v) is 1.94. The zero-order valence-corrected chi connectivity index (χ0v) is 11.5. The zero-order chi connectivity index (χ0) is 12.4. The van der Waals surface area contributed by atoms with Gasteiger partial charge in [-0.1, -0.05) is 17.7 Å². The topological polar surface area (TPSA) is 50.9 Å². The summed E-state index contributed by atoms with van der Waals surface area (Å²) in [5.41, 5.74) is 8.41. The first-order chi connectivity index (χ1) is 8.09. The average molecular weight is 313 g/mol. The minimum Gasteiger partial charge on any atom is -0.396 e. The van der Waals surface area contributed by atoms with Crippen LogP contribution < -0.4 is 11.1 Å². The maximum absolute atomic E-state index is 6.01. The van der Waals surface area contributed by atoms with Crippen molar-refractivity contribution in [1.82, 2.24) is 4.98 Å². The zero-order valence-electron chi connectivity index (χ0n) is 9.17. The summed E-state index contributed by atoms with van der Waals surface area (Å²) in [6.45, 7) is 1.94. The maximum Gasteiger partial charge on any atom is 0.153 e. The number of aryl methyl sites for hydroxylation is 1. The average Bonchev–Trinajstić information content (AvgIpc) is 2.31. The lowest BCUT2D eigenvalue weighted by Gasteiger charge is -2.11. The molecule has 3 nitrogen and oxygen atoms in total. The van der Waals surface area contributed by atoms with Crippen LogP contribution in [-0.2, 0) is 0 Å². The second-order valence-corrected chi connectivity index (χ2v) is 4.82. The van der Waals surface area contributed by atoms with Gasteiger partial charge in [-0.25, -0.2) is 4.98 Å². The number of pyridine rings is 1. The van der Waals surface area contributed by atoms with E-state index < -0.39 is 0 Å². The molecule has 0 bridgehead atoms. The van der Waals surface area contributed by atoms with Gasteiger partial charge in [0.25, 0.3) is 0 Å². The van der Waals surface area contributed by atoms with E-state index in [9.17, 15) is 0 Å². The molecule has 88 valence electrons. The SMILES string of the molecule is Cc1ccnc(Nc2cccc(Cl)c2Br)c1N. The number of benzene rings is 1. The van der Waals surface area contributed by atoms with Gasteiger partial charge < -0.3 is 11.1 Å². The Morgan fingerprint density at radius 2 is 2.12 bits per heavy atom. The fourth-order valence-electron chi connectivity index (χ4n) is 1.40. The molecule has 0 aliphatic carbocycles. The highest BCUT2D eigenvalue weighted by Crippen LogP contribution is 2.33. The first-order valence-electron chi connectivity index (χ1n) is 5.01. The Morgan fingerprint density at radius 3 is 2.88 bits per heavy atom. The molecule has 17 heavy (non-hydrogen) atoms. The fraction of sp³-hybridized carbons (Fsp3) is 0.0833. The third kappa shape index (κ3) is 2.53. The standard InChI is InChI=1S/C12H11BrClN3/c1-7-5-6-16-12(11(7)15)17-9-4-2-3-8(14)10(9)13/h2-6H,15H2,1H3,(H,16,17). The van der Waals surface area contributed by atoms with Gasteiger partial charge in [-0.3, -0.25) is 0 Å². The van der Waals surface area contributed by atoms with Gasteiger partial charge in [0.2, 0.25) is 0 Å². The quantitative estimate of drug-likeness (QED) is 0.876. The number of rotatable bonds is 2. The van der Waals surface area contributed by atoms with Crippen LogP contribution >= 0.6 is 27.5 Å². The second kappa shape index (κ2) is 4.94. The summed E-state index contributed by atoms with van der Waals surface area (Å²) in [6.07, 6.45) is 1.71. The number of anilines is 3. The highest BCUT2D eigenvalue weighted by Gasteiger charge is 2.07. The Balaban J connectivity index is 2.38. The molecule has 1 heterocycles. The van der Waals surface area contributed by atoms with Crippen LogP contribution in [0.5, 0.6) is 0 Å². The molecule has 0 aliphatic heterocycles. The summed E-state index contributed by atoms with van der Waals surface area (Å²) in [5, 5.41) is 3.79. The van der Waals surface area contributed by atoms with Crippen molar-refractivity contribution >= 4 is 44.7 Å². The van der Waals surface area contributed by atoms with Crippen LogP contribution in [0.15, 0.2) is 34.9 Å². The van der Waals surface area contributed by atoms with Gasteiger partial charge in [-0.15, -0.1) is 0 Å². The molecule has 3 N–H and O–H groups in total. The van der Waals surface area contributed by atoms with Crippen LogP contribution in [0.3, 0.4) is 0 Å². The summed E-state index contributed by atoms with van der Waals surface area (Å²) < 4.78 is 0.796. The predicted molar refractivity (Wildman–Crippen MR) is 75.8 cm³/mol. The molecule has 1 aromatic heterocycles. The molecule has 5 heteroatoms. The lowest BCUT2D eigenvalue weighted by Crippen LogP contribution is -2.01. The van der Waals surface area contributed by atoms with E-state index in [1.165, 1.54) is 0 Å². The number of nitrogen functional groups attached to an aromatic ring is 1.